The van der Waals surface area contributed by atoms with E-state index in [1.54, 1.807) is 6.92 Å². The van der Waals surface area contributed by atoms with Gasteiger partial charge in [0.25, 0.3) is 0 Å². The Morgan fingerprint density at radius 3 is 2.71 bits per heavy atom. The van der Waals surface area contributed by atoms with Crippen LogP contribution in [0.3, 0.4) is 0 Å². The van der Waals surface area contributed by atoms with Crippen LogP contribution in [0.2, 0.25) is 0 Å². The van der Waals surface area contributed by atoms with E-state index in [1.807, 2.05) is 11.8 Å². The molecule has 2 unspecified atom stereocenters. The number of carbonyl (C=O) groups excluding carboxylic acids is 1. The Labute approximate surface area is 107 Å². The second-order valence-corrected chi connectivity index (χ2v) is 6.77. The highest BCUT2D eigenvalue weighted by Crippen LogP contribution is 2.36. The lowest BCUT2D eigenvalue weighted by Gasteiger charge is -2.23. The molecule has 17 heavy (non-hydrogen) atoms. The Morgan fingerprint density at radius 1 is 1.47 bits per heavy atom. The molecule has 0 bridgehead atoms. The first-order valence-electron chi connectivity index (χ1n) is 6.04. The van der Waals surface area contributed by atoms with Crippen LogP contribution in [0, 0.1) is 5.92 Å². The molecule has 1 saturated heterocycles. The van der Waals surface area contributed by atoms with Gasteiger partial charge in [0.05, 0.1) is 0 Å². The number of carboxylic acid groups (broad SMARTS) is 1. The lowest BCUT2D eigenvalue weighted by atomic mass is 10.0. The molecule has 0 aliphatic carbocycles. The summed E-state index contributed by atoms with van der Waals surface area (Å²) in [5, 5.41) is 11.5. The predicted molar refractivity (Wildman–Crippen MR) is 69.1 cm³/mol. The van der Waals surface area contributed by atoms with E-state index in [0.717, 1.165) is 6.42 Å². The molecule has 0 saturated carbocycles. The lowest BCUT2D eigenvalue weighted by Crippen LogP contribution is -2.37. The van der Waals surface area contributed by atoms with Crippen molar-refractivity contribution in [3.63, 3.8) is 0 Å². The Hall–Kier alpha value is -0.710. The van der Waals surface area contributed by atoms with Crippen LogP contribution in [-0.4, -0.2) is 34.0 Å². The van der Waals surface area contributed by atoms with Crippen molar-refractivity contribution in [2.45, 2.75) is 44.3 Å². The van der Waals surface area contributed by atoms with Crippen molar-refractivity contribution in [2.24, 2.45) is 5.92 Å². The van der Waals surface area contributed by atoms with Crippen LogP contribution in [0.15, 0.2) is 0 Å². The smallest absolute Gasteiger partial charge is 0.303 e. The SMILES string of the molecule is CC(CC(=O)O)CC(=O)NCC1(C)CCCS1. The Morgan fingerprint density at radius 2 is 2.18 bits per heavy atom. The molecule has 0 aromatic heterocycles. The van der Waals surface area contributed by atoms with E-state index in [2.05, 4.69) is 12.2 Å². The molecule has 0 spiro atoms. The standard InChI is InChI=1S/C12H21NO3S/c1-9(7-11(15)16)6-10(14)13-8-12(2)4-3-5-17-12/h9H,3-8H2,1-2H3,(H,13,14)(H,15,16). The van der Waals surface area contributed by atoms with Crippen LogP contribution in [0.1, 0.15) is 39.5 Å². The van der Waals surface area contributed by atoms with E-state index >= 15 is 0 Å². The summed E-state index contributed by atoms with van der Waals surface area (Å²) in [6, 6.07) is 0. The second-order valence-electron chi connectivity index (χ2n) is 5.09. The van der Waals surface area contributed by atoms with Crippen molar-refractivity contribution in [3.05, 3.63) is 0 Å². The largest absolute Gasteiger partial charge is 0.481 e. The average Bonchev–Trinajstić information content (AvgIpc) is 2.61. The summed E-state index contributed by atoms with van der Waals surface area (Å²) < 4.78 is 0.172. The molecule has 0 aromatic carbocycles. The van der Waals surface area contributed by atoms with Crippen molar-refractivity contribution in [1.82, 2.24) is 5.32 Å². The van der Waals surface area contributed by atoms with Gasteiger partial charge in [-0.25, -0.2) is 0 Å². The summed E-state index contributed by atoms with van der Waals surface area (Å²) in [6.45, 7) is 4.65. The molecule has 1 aliphatic heterocycles. The van der Waals surface area contributed by atoms with Gasteiger partial charge in [-0.15, -0.1) is 0 Å². The molecule has 1 amide bonds. The number of amides is 1. The summed E-state index contributed by atoms with van der Waals surface area (Å²) >= 11 is 1.91. The Kier molecular flexibility index (Phi) is 5.31. The van der Waals surface area contributed by atoms with E-state index in [9.17, 15) is 9.59 Å². The topological polar surface area (TPSA) is 66.4 Å². The minimum Gasteiger partial charge on any atom is -0.481 e. The van der Waals surface area contributed by atoms with Gasteiger partial charge in [0.1, 0.15) is 0 Å². The first kappa shape index (κ1) is 14.4. The maximum atomic E-state index is 11.6. The van der Waals surface area contributed by atoms with Crippen LogP contribution in [0.25, 0.3) is 0 Å². The fourth-order valence-corrected chi connectivity index (χ4v) is 3.27. The van der Waals surface area contributed by atoms with E-state index in [1.165, 1.54) is 12.2 Å². The first-order chi connectivity index (χ1) is 7.91. The van der Waals surface area contributed by atoms with Gasteiger partial charge in [0.2, 0.25) is 5.91 Å². The summed E-state index contributed by atoms with van der Waals surface area (Å²) in [6.07, 6.45) is 2.71. The highest BCUT2D eigenvalue weighted by molar-refractivity contribution is 8.00. The number of thioether (sulfide) groups is 1. The first-order valence-corrected chi connectivity index (χ1v) is 7.02. The zero-order chi connectivity index (χ0) is 12.9. The van der Waals surface area contributed by atoms with Crippen molar-refractivity contribution >= 4 is 23.6 Å². The second kappa shape index (κ2) is 6.28. The van der Waals surface area contributed by atoms with Gasteiger partial charge in [0.15, 0.2) is 0 Å². The zero-order valence-corrected chi connectivity index (χ0v) is 11.3. The average molecular weight is 259 g/mol. The molecule has 1 rings (SSSR count). The zero-order valence-electron chi connectivity index (χ0n) is 10.5. The van der Waals surface area contributed by atoms with Gasteiger partial charge in [-0.2, -0.15) is 11.8 Å². The van der Waals surface area contributed by atoms with Gasteiger partial charge in [-0.05, 0) is 31.4 Å². The number of carboxylic acids is 1. The minimum absolute atomic E-state index is 0.0347. The highest BCUT2D eigenvalue weighted by atomic mass is 32.2. The number of carbonyl (C=O) groups is 2. The third kappa shape index (κ3) is 5.44. The monoisotopic (exact) mass is 259 g/mol. The molecule has 1 aliphatic rings. The molecule has 5 heteroatoms. The normalized spacial score (nSPS) is 25.5. The number of aliphatic carboxylic acids is 1. The molecular weight excluding hydrogens is 238 g/mol. The van der Waals surface area contributed by atoms with Gasteiger partial charge in [0, 0.05) is 24.1 Å². The van der Waals surface area contributed by atoms with Gasteiger partial charge < -0.3 is 10.4 Å². The van der Waals surface area contributed by atoms with Crippen LogP contribution in [0.5, 0.6) is 0 Å². The highest BCUT2D eigenvalue weighted by Gasteiger charge is 2.29. The number of nitrogens with one attached hydrogen (secondary N) is 1. The maximum absolute atomic E-state index is 11.6. The van der Waals surface area contributed by atoms with Crippen LogP contribution >= 0.6 is 11.8 Å². The van der Waals surface area contributed by atoms with Gasteiger partial charge in [-0.3, -0.25) is 9.59 Å². The summed E-state index contributed by atoms with van der Waals surface area (Å²) in [4.78, 5) is 22.1. The Balaban J connectivity index is 2.23. The third-order valence-electron chi connectivity index (χ3n) is 3.02. The van der Waals surface area contributed by atoms with Gasteiger partial charge in [-0.1, -0.05) is 6.92 Å². The van der Waals surface area contributed by atoms with E-state index in [-0.39, 0.29) is 23.0 Å². The van der Waals surface area contributed by atoms with E-state index < -0.39 is 5.97 Å². The molecule has 0 aromatic rings. The van der Waals surface area contributed by atoms with Crippen molar-refractivity contribution in [2.75, 3.05) is 12.3 Å². The predicted octanol–water partition coefficient (Wildman–Crippen LogP) is 1.89. The molecule has 1 heterocycles. The fraction of sp³-hybridized carbons (Fsp3) is 0.833. The van der Waals surface area contributed by atoms with E-state index in [4.69, 9.17) is 5.11 Å². The van der Waals surface area contributed by atoms with Crippen molar-refractivity contribution in [1.29, 1.82) is 0 Å². The molecular formula is C12H21NO3S. The Bertz CT molecular complexity index is 287. The lowest BCUT2D eigenvalue weighted by molar-refractivity contribution is -0.138. The molecule has 0 radical (unpaired) electrons. The number of rotatable bonds is 6. The maximum Gasteiger partial charge on any atom is 0.303 e. The third-order valence-corrected chi connectivity index (χ3v) is 4.56. The molecule has 2 atom stereocenters. The van der Waals surface area contributed by atoms with Crippen LogP contribution < -0.4 is 5.32 Å². The van der Waals surface area contributed by atoms with Gasteiger partial charge >= 0.3 is 5.97 Å². The summed E-state index contributed by atoms with van der Waals surface area (Å²) in [5.41, 5.74) is 0. The molecule has 2 N–H and O–H groups in total. The van der Waals surface area contributed by atoms with Crippen molar-refractivity contribution < 1.29 is 14.7 Å². The molecule has 1 fully saturated rings. The van der Waals surface area contributed by atoms with Crippen molar-refractivity contribution in [3.8, 4) is 0 Å². The fourth-order valence-electron chi connectivity index (χ4n) is 2.02. The van der Waals surface area contributed by atoms with Crippen LogP contribution in [-0.2, 0) is 9.59 Å². The summed E-state index contributed by atoms with van der Waals surface area (Å²) in [5.74, 6) is 0.189. The van der Waals surface area contributed by atoms with Crippen LogP contribution in [0.4, 0.5) is 0 Å². The molecule has 4 nitrogen and oxygen atoms in total. The number of hydrogen-bond acceptors (Lipinski definition) is 3. The van der Waals surface area contributed by atoms with E-state index in [0.29, 0.717) is 13.0 Å². The molecule has 98 valence electrons. The minimum atomic E-state index is -0.844. The quantitative estimate of drug-likeness (QED) is 0.764. The summed E-state index contributed by atoms with van der Waals surface area (Å²) in [7, 11) is 0. The number of hydrogen-bond donors (Lipinski definition) is 2.